The van der Waals surface area contributed by atoms with Crippen molar-refractivity contribution in [2.45, 2.75) is 40.2 Å². The quantitative estimate of drug-likeness (QED) is 0.492. The van der Waals surface area contributed by atoms with Gasteiger partial charge in [-0.2, -0.15) is 11.3 Å². The molecule has 1 unspecified atom stereocenters. The summed E-state index contributed by atoms with van der Waals surface area (Å²) in [7, 11) is 0. The molecule has 1 amide bonds. The molecular weight excluding hydrogens is 368 g/mol. The molecule has 1 aromatic heterocycles. The average Bonchev–Trinajstić information content (AvgIpc) is 3.26. The van der Waals surface area contributed by atoms with E-state index in [1.165, 1.54) is 5.56 Å². The summed E-state index contributed by atoms with van der Waals surface area (Å²) in [6.07, 6.45) is 0. The first-order valence-corrected chi connectivity index (χ1v) is 11.0. The maximum absolute atomic E-state index is 12.4. The highest BCUT2D eigenvalue weighted by Gasteiger charge is 2.12. The van der Waals surface area contributed by atoms with E-state index in [1.807, 2.05) is 43.0 Å². The van der Waals surface area contributed by atoms with Crippen molar-refractivity contribution in [1.82, 2.24) is 15.5 Å². The van der Waals surface area contributed by atoms with Gasteiger partial charge < -0.3 is 15.5 Å². The van der Waals surface area contributed by atoms with Crippen LogP contribution >= 0.6 is 11.3 Å². The molecule has 1 aromatic carbocycles. The lowest BCUT2D eigenvalue weighted by Crippen LogP contribution is -2.39. The van der Waals surface area contributed by atoms with E-state index in [4.69, 9.17) is 0 Å². The SMILES string of the molecule is CCNC(=NCc1ccc(C(=O)N(CC)CC)cc1)NCC(C)c1ccsc1. The molecule has 0 saturated heterocycles. The van der Waals surface area contributed by atoms with Gasteiger partial charge in [-0.1, -0.05) is 19.1 Å². The van der Waals surface area contributed by atoms with Gasteiger partial charge in [-0.3, -0.25) is 4.79 Å². The number of nitrogens with one attached hydrogen (secondary N) is 2. The van der Waals surface area contributed by atoms with Gasteiger partial charge in [-0.05, 0) is 66.8 Å². The summed E-state index contributed by atoms with van der Waals surface area (Å²) in [6.45, 7) is 11.9. The van der Waals surface area contributed by atoms with Gasteiger partial charge in [-0.15, -0.1) is 0 Å². The van der Waals surface area contributed by atoms with Gasteiger partial charge in [0.05, 0.1) is 6.54 Å². The van der Waals surface area contributed by atoms with Crippen LogP contribution in [0.4, 0.5) is 0 Å². The Bertz CT molecular complexity index is 736. The molecule has 0 saturated carbocycles. The minimum Gasteiger partial charge on any atom is -0.357 e. The van der Waals surface area contributed by atoms with Gasteiger partial charge >= 0.3 is 0 Å². The van der Waals surface area contributed by atoms with E-state index in [9.17, 15) is 4.79 Å². The number of carbonyl (C=O) groups excluding carboxylic acids is 1. The van der Waals surface area contributed by atoms with Crippen molar-refractivity contribution >= 4 is 23.2 Å². The lowest BCUT2D eigenvalue weighted by molar-refractivity contribution is 0.0773. The van der Waals surface area contributed by atoms with E-state index < -0.39 is 0 Å². The maximum atomic E-state index is 12.4. The fourth-order valence-corrected chi connectivity index (χ4v) is 3.66. The standard InChI is InChI=1S/C22H32N4OS/c1-5-23-22(24-14-17(4)20-12-13-28-16-20)25-15-18-8-10-19(11-9-18)21(27)26(6-2)7-3/h8-13,16-17H,5-7,14-15H2,1-4H3,(H2,23,24,25). The van der Waals surface area contributed by atoms with Crippen molar-refractivity contribution < 1.29 is 4.79 Å². The number of thiophene rings is 1. The Balaban J connectivity index is 1.95. The third-order valence-corrected chi connectivity index (χ3v) is 5.40. The fraction of sp³-hybridized carbons (Fsp3) is 0.455. The highest BCUT2D eigenvalue weighted by atomic mass is 32.1. The summed E-state index contributed by atoms with van der Waals surface area (Å²) in [4.78, 5) is 18.9. The molecule has 0 aliphatic heterocycles. The minimum atomic E-state index is 0.0810. The third kappa shape index (κ3) is 6.37. The molecule has 5 nitrogen and oxygen atoms in total. The summed E-state index contributed by atoms with van der Waals surface area (Å²) < 4.78 is 0. The van der Waals surface area contributed by atoms with E-state index in [-0.39, 0.29) is 5.91 Å². The van der Waals surface area contributed by atoms with Crippen LogP contribution in [-0.2, 0) is 6.54 Å². The Hall–Kier alpha value is -2.34. The van der Waals surface area contributed by atoms with Crippen LogP contribution in [0.5, 0.6) is 0 Å². The van der Waals surface area contributed by atoms with Crippen LogP contribution in [0.3, 0.4) is 0 Å². The number of carbonyl (C=O) groups is 1. The topological polar surface area (TPSA) is 56.7 Å². The second kappa shape index (κ2) is 11.5. The van der Waals surface area contributed by atoms with E-state index in [0.29, 0.717) is 12.5 Å². The molecule has 0 radical (unpaired) electrons. The van der Waals surface area contributed by atoms with E-state index in [1.54, 1.807) is 11.3 Å². The second-order valence-electron chi connectivity index (χ2n) is 6.71. The molecule has 0 aliphatic rings. The van der Waals surface area contributed by atoms with Crippen LogP contribution in [0.15, 0.2) is 46.1 Å². The van der Waals surface area contributed by atoms with Crippen molar-refractivity contribution in [3.8, 4) is 0 Å². The highest BCUT2D eigenvalue weighted by Crippen LogP contribution is 2.17. The van der Waals surface area contributed by atoms with Crippen LogP contribution in [0, 0.1) is 0 Å². The molecular formula is C22H32N4OS. The largest absolute Gasteiger partial charge is 0.357 e. The van der Waals surface area contributed by atoms with Crippen molar-refractivity contribution in [2.24, 2.45) is 4.99 Å². The summed E-state index contributed by atoms with van der Waals surface area (Å²) in [5.74, 6) is 1.32. The molecule has 2 N–H and O–H groups in total. The van der Waals surface area contributed by atoms with Gasteiger partial charge in [0.1, 0.15) is 0 Å². The molecule has 6 heteroatoms. The lowest BCUT2D eigenvalue weighted by atomic mass is 10.1. The monoisotopic (exact) mass is 400 g/mol. The van der Waals surface area contributed by atoms with Crippen molar-refractivity contribution in [2.75, 3.05) is 26.2 Å². The summed E-state index contributed by atoms with van der Waals surface area (Å²) in [6, 6.07) is 9.92. The van der Waals surface area contributed by atoms with E-state index in [2.05, 4.69) is 46.3 Å². The third-order valence-electron chi connectivity index (χ3n) is 4.70. The van der Waals surface area contributed by atoms with Crippen molar-refractivity contribution in [1.29, 1.82) is 0 Å². The number of guanidine groups is 1. The highest BCUT2D eigenvalue weighted by molar-refractivity contribution is 7.07. The Morgan fingerprint density at radius 2 is 1.82 bits per heavy atom. The summed E-state index contributed by atoms with van der Waals surface area (Å²) in [5, 5.41) is 11.0. The van der Waals surface area contributed by atoms with Crippen LogP contribution in [0.2, 0.25) is 0 Å². The van der Waals surface area contributed by atoms with E-state index >= 15 is 0 Å². The molecule has 1 heterocycles. The van der Waals surface area contributed by atoms with Gasteiger partial charge in [-0.25, -0.2) is 4.99 Å². The van der Waals surface area contributed by atoms with Gasteiger partial charge in [0.2, 0.25) is 0 Å². The zero-order chi connectivity index (χ0) is 20.4. The van der Waals surface area contributed by atoms with Crippen LogP contribution < -0.4 is 10.6 Å². The molecule has 2 rings (SSSR count). The number of aliphatic imine (C=N–C) groups is 1. The zero-order valence-electron chi connectivity index (χ0n) is 17.4. The number of benzene rings is 1. The molecule has 2 aromatic rings. The molecule has 1 atom stereocenters. The Labute approximate surface area is 172 Å². The van der Waals surface area contributed by atoms with Crippen molar-refractivity contribution in [3.63, 3.8) is 0 Å². The Morgan fingerprint density at radius 1 is 1.11 bits per heavy atom. The number of hydrogen-bond acceptors (Lipinski definition) is 3. The van der Waals surface area contributed by atoms with Gasteiger partial charge in [0.15, 0.2) is 5.96 Å². The summed E-state index contributed by atoms with van der Waals surface area (Å²) in [5.41, 5.74) is 3.16. The predicted octanol–water partition coefficient (Wildman–Crippen LogP) is 4.09. The van der Waals surface area contributed by atoms with Crippen LogP contribution in [0.1, 0.15) is 55.1 Å². The number of amides is 1. The minimum absolute atomic E-state index is 0.0810. The molecule has 0 bridgehead atoms. The fourth-order valence-electron chi connectivity index (χ4n) is 2.88. The smallest absolute Gasteiger partial charge is 0.253 e. The van der Waals surface area contributed by atoms with Crippen LogP contribution in [-0.4, -0.2) is 42.9 Å². The first-order chi connectivity index (χ1) is 13.6. The van der Waals surface area contributed by atoms with Crippen LogP contribution in [0.25, 0.3) is 0 Å². The Morgan fingerprint density at radius 3 is 2.39 bits per heavy atom. The molecule has 0 spiro atoms. The van der Waals surface area contributed by atoms with Gasteiger partial charge in [0.25, 0.3) is 5.91 Å². The number of rotatable bonds is 9. The van der Waals surface area contributed by atoms with E-state index in [0.717, 1.165) is 43.3 Å². The normalized spacial score (nSPS) is 12.5. The first kappa shape index (κ1) is 22.0. The molecule has 0 fully saturated rings. The first-order valence-electron chi connectivity index (χ1n) is 10.0. The molecule has 28 heavy (non-hydrogen) atoms. The Kier molecular flexibility index (Phi) is 9.01. The number of hydrogen-bond donors (Lipinski definition) is 2. The maximum Gasteiger partial charge on any atom is 0.253 e. The average molecular weight is 401 g/mol. The van der Waals surface area contributed by atoms with Gasteiger partial charge in [0, 0.05) is 31.7 Å². The summed E-state index contributed by atoms with van der Waals surface area (Å²) >= 11 is 1.73. The second-order valence-corrected chi connectivity index (χ2v) is 7.49. The molecule has 0 aliphatic carbocycles. The predicted molar refractivity (Wildman–Crippen MR) is 119 cm³/mol. The molecule has 152 valence electrons. The number of nitrogens with zero attached hydrogens (tertiary/aromatic N) is 2. The van der Waals surface area contributed by atoms with Crippen molar-refractivity contribution in [3.05, 3.63) is 57.8 Å². The zero-order valence-corrected chi connectivity index (χ0v) is 18.2. The lowest BCUT2D eigenvalue weighted by Gasteiger charge is -2.18.